The van der Waals surface area contributed by atoms with Gasteiger partial charge in [-0.3, -0.25) is 4.48 Å². The number of quaternary nitrogens is 1. The molecule has 1 aliphatic rings. The minimum atomic E-state index is 1.03. The Morgan fingerprint density at radius 3 is 2.54 bits per heavy atom. The lowest BCUT2D eigenvalue weighted by atomic mass is 10.2. The van der Waals surface area contributed by atoms with Crippen molar-refractivity contribution in [2.24, 2.45) is 0 Å². The lowest BCUT2D eigenvalue weighted by Crippen LogP contribution is -2.35. The fourth-order valence-electron chi connectivity index (χ4n) is 1.78. The molecule has 0 spiro atoms. The van der Waals surface area contributed by atoms with Crippen LogP contribution in [-0.4, -0.2) is 18.1 Å². The molecule has 1 heterocycles. The zero-order valence-electron chi connectivity index (χ0n) is 9.21. The minimum Gasteiger partial charge on any atom is -0.271 e. The summed E-state index contributed by atoms with van der Waals surface area (Å²) in [5.74, 6) is 0. The van der Waals surface area contributed by atoms with Crippen LogP contribution in [-0.2, 0) is 0 Å². The smallest absolute Gasteiger partial charge is 0.110 e. The SMILES string of the molecule is CCCCCC[N+]1(C)C=CC=C1C. The summed E-state index contributed by atoms with van der Waals surface area (Å²) < 4.78 is 1.03. The third-order valence-electron chi connectivity index (χ3n) is 3.03. The molecule has 1 heteroatoms. The highest BCUT2D eigenvalue weighted by Gasteiger charge is 2.23. The van der Waals surface area contributed by atoms with E-state index >= 15 is 0 Å². The predicted octanol–water partition coefficient (Wildman–Crippen LogP) is 3.44. The van der Waals surface area contributed by atoms with Crippen molar-refractivity contribution in [3.8, 4) is 0 Å². The Morgan fingerprint density at radius 2 is 2.00 bits per heavy atom. The maximum atomic E-state index is 2.29. The van der Waals surface area contributed by atoms with Gasteiger partial charge in [0.05, 0.1) is 13.6 Å². The Kier molecular flexibility index (Phi) is 3.73. The second-order valence-corrected chi connectivity index (χ2v) is 4.20. The standard InChI is InChI=1S/C12H22N/c1-4-5-6-7-10-13(3)11-8-9-12(13)2/h8-9,11H,4-7,10H2,1-3H3/q+1. The fraction of sp³-hybridized carbons (Fsp3) is 0.667. The maximum absolute atomic E-state index is 2.29. The monoisotopic (exact) mass is 180 g/mol. The van der Waals surface area contributed by atoms with Crippen molar-refractivity contribution in [3.63, 3.8) is 0 Å². The molecule has 0 amide bonds. The molecule has 0 saturated heterocycles. The van der Waals surface area contributed by atoms with Crippen LogP contribution in [0.3, 0.4) is 0 Å². The summed E-state index contributed by atoms with van der Waals surface area (Å²) in [6.07, 6.45) is 12.1. The molecule has 0 N–H and O–H groups in total. The molecule has 0 radical (unpaired) electrons. The molecular weight excluding hydrogens is 158 g/mol. The largest absolute Gasteiger partial charge is 0.271 e. The predicted molar refractivity (Wildman–Crippen MR) is 58.1 cm³/mol. The summed E-state index contributed by atoms with van der Waals surface area (Å²) in [5.41, 5.74) is 1.47. The molecule has 1 atom stereocenters. The molecule has 0 fully saturated rings. The molecule has 13 heavy (non-hydrogen) atoms. The van der Waals surface area contributed by atoms with E-state index in [9.17, 15) is 0 Å². The van der Waals surface area contributed by atoms with Gasteiger partial charge in [-0.15, -0.1) is 0 Å². The van der Waals surface area contributed by atoms with E-state index < -0.39 is 0 Å². The zero-order valence-corrected chi connectivity index (χ0v) is 9.21. The van der Waals surface area contributed by atoms with E-state index in [-0.39, 0.29) is 0 Å². The zero-order chi connectivity index (χ0) is 9.73. The van der Waals surface area contributed by atoms with Crippen molar-refractivity contribution in [2.75, 3.05) is 13.6 Å². The highest BCUT2D eigenvalue weighted by molar-refractivity contribution is 5.10. The van der Waals surface area contributed by atoms with Gasteiger partial charge in [-0.05, 0) is 25.0 Å². The van der Waals surface area contributed by atoms with Gasteiger partial charge in [0, 0.05) is 6.92 Å². The molecule has 1 nitrogen and oxygen atoms in total. The first-order valence-electron chi connectivity index (χ1n) is 5.41. The van der Waals surface area contributed by atoms with Crippen LogP contribution in [0.1, 0.15) is 39.5 Å². The van der Waals surface area contributed by atoms with Crippen molar-refractivity contribution < 1.29 is 4.48 Å². The first-order chi connectivity index (χ1) is 6.19. The minimum absolute atomic E-state index is 1.03. The molecule has 0 aromatic carbocycles. The molecule has 0 aliphatic carbocycles. The van der Waals surface area contributed by atoms with Crippen LogP contribution in [0.5, 0.6) is 0 Å². The van der Waals surface area contributed by atoms with Gasteiger partial charge < -0.3 is 0 Å². The summed E-state index contributed by atoms with van der Waals surface area (Å²) in [7, 11) is 2.29. The summed E-state index contributed by atoms with van der Waals surface area (Å²) in [6, 6.07) is 0. The Bertz CT molecular complexity index is 215. The average Bonchev–Trinajstić information content (AvgIpc) is 2.42. The van der Waals surface area contributed by atoms with Crippen molar-refractivity contribution in [2.45, 2.75) is 39.5 Å². The Morgan fingerprint density at radius 1 is 1.23 bits per heavy atom. The van der Waals surface area contributed by atoms with Gasteiger partial charge in [0.15, 0.2) is 0 Å². The van der Waals surface area contributed by atoms with Gasteiger partial charge >= 0.3 is 0 Å². The van der Waals surface area contributed by atoms with E-state index in [2.05, 4.69) is 39.2 Å². The second kappa shape index (κ2) is 4.61. The van der Waals surface area contributed by atoms with Gasteiger partial charge in [-0.1, -0.05) is 19.8 Å². The molecule has 0 aromatic heterocycles. The lowest BCUT2D eigenvalue weighted by molar-refractivity contribution is -0.818. The van der Waals surface area contributed by atoms with Crippen LogP contribution in [0.4, 0.5) is 0 Å². The molecule has 74 valence electrons. The van der Waals surface area contributed by atoms with Gasteiger partial charge in [-0.2, -0.15) is 0 Å². The van der Waals surface area contributed by atoms with Crippen LogP contribution in [0.2, 0.25) is 0 Å². The molecule has 0 aromatic rings. The number of nitrogens with zero attached hydrogens (tertiary/aromatic N) is 1. The van der Waals surface area contributed by atoms with Crippen LogP contribution < -0.4 is 0 Å². The molecule has 1 aliphatic heterocycles. The van der Waals surface area contributed by atoms with Crippen LogP contribution in [0.15, 0.2) is 24.0 Å². The highest BCUT2D eigenvalue weighted by Crippen LogP contribution is 2.22. The average molecular weight is 180 g/mol. The summed E-state index contributed by atoms with van der Waals surface area (Å²) in [5, 5.41) is 0. The number of unbranched alkanes of at least 4 members (excludes halogenated alkanes) is 3. The Balaban J connectivity index is 2.28. The van der Waals surface area contributed by atoms with E-state index in [4.69, 9.17) is 0 Å². The molecule has 1 rings (SSSR count). The number of rotatable bonds is 5. The molecule has 1 unspecified atom stereocenters. The van der Waals surface area contributed by atoms with Crippen molar-refractivity contribution >= 4 is 0 Å². The van der Waals surface area contributed by atoms with Gasteiger partial charge in [0.2, 0.25) is 0 Å². The van der Waals surface area contributed by atoms with Crippen molar-refractivity contribution in [1.82, 2.24) is 0 Å². The number of hydrogen-bond donors (Lipinski definition) is 0. The molecular formula is C12H22N+. The third kappa shape index (κ3) is 2.70. The first kappa shape index (κ1) is 10.5. The quantitative estimate of drug-likeness (QED) is 0.449. The highest BCUT2D eigenvalue weighted by atomic mass is 15.3. The lowest BCUT2D eigenvalue weighted by Gasteiger charge is -2.27. The second-order valence-electron chi connectivity index (χ2n) is 4.20. The van der Waals surface area contributed by atoms with Crippen LogP contribution >= 0.6 is 0 Å². The first-order valence-corrected chi connectivity index (χ1v) is 5.41. The Hall–Kier alpha value is -0.560. The van der Waals surface area contributed by atoms with Gasteiger partial charge in [0.25, 0.3) is 0 Å². The number of allylic oxidation sites excluding steroid dienone is 3. The van der Waals surface area contributed by atoms with Crippen LogP contribution in [0.25, 0.3) is 0 Å². The molecule has 0 saturated carbocycles. The van der Waals surface area contributed by atoms with E-state index in [1.165, 1.54) is 37.9 Å². The van der Waals surface area contributed by atoms with E-state index in [0.29, 0.717) is 0 Å². The summed E-state index contributed by atoms with van der Waals surface area (Å²) in [6.45, 7) is 5.75. The fourth-order valence-corrected chi connectivity index (χ4v) is 1.78. The van der Waals surface area contributed by atoms with Gasteiger partial charge in [-0.25, -0.2) is 0 Å². The van der Waals surface area contributed by atoms with E-state index in [1.807, 2.05) is 0 Å². The molecule has 0 bridgehead atoms. The normalized spacial score (nSPS) is 26.5. The van der Waals surface area contributed by atoms with E-state index in [0.717, 1.165) is 4.48 Å². The van der Waals surface area contributed by atoms with Crippen LogP contribution in [0, 0.1) is 0 Å². The summed E-state index contributed by atoms with van der Waals surface area (Å²) in [4.78, 5) is 0. The van der Waals surface area contributed by atoms with Crippen molar-refractivity contribution in [1.29, 1.82) is 0 Å². The van der Waals surface area contributed by atoms with Crippen molar-refractivity contribution in [3.05, 3.63) is 24.0 Å². The topological polar surface area (TPSA) is 0 Å². The van der Waals surface area contributed by atoms with Gasteiger partial charge in [0.1, 0.15) is 11.9 Å². The third-order valence-corrected chi connectivity index (χ3v) is 3.03. The Labute approximate surface area is 82.3 Å². The van der Waals surface area contributed by atoms with E-state index in [1.54, 1.807) is 0 Å². The summed E-state index contributed by atoms with van der Waals surface area (Å²) >= 11 is 0. The maximum Gasteiger partial charge on any atom is 0.110 e. The number of hydrogen-bond acceptors (Lipinski definition) is 0.